The number of carbonyl (C=O) groups is 1. The fourth-order valence-electron chi connectivity index (χ4n) is 3.51. The Morgan fingerprint density at radius 2 is 2.12 bits per heavy atom. The first kappa shape index (κ1) is 19.0. The number of thioether (sulfide) groups is 1. The second-order valence-corrected chi connectivity index (χ2v) is 8.25. The minimum Gasteiger partial charge on any atom is -0.352 e. The average molecular weight is 374 g/mol. The highest BCUT2D eigenvalue weighted by Crippen LogP contribution is 2.29. The number of hydrogen-bond donors (Lipinski definition) is 1. The lowest BCUT2D eigenvalue weighted by atomic mass is 9.78. The molecule has 0 saturated heterocycles. The molecule has 0 aliphatic heterocycles. The lowest BCUT2D eigenvalue weighted by Gasteiger charge is -2.34. The number of benzene rings is 1. The Kier molecular flexibility index (Phi) is 6.35. The molecule has 0 spiro atoms. The summed E-state index contributed by atoms with van der Waals surface area (Å²) >= 11 is 1.51. The predicted octanol–water partition coefficient (Wildman–Crippen LogP) is 4.22. The van der Waals surface area contributed by atoms with Crippen molar-refractivity contribution in [3.8, 4) is 11.4 Å². The van der Waals surface area contributed by atoms with Crippen LogP contribution < -0.4 is 5.32 Å². The Morgan fingerprint density at radius 1 is 1.31 bits per heavy atom. The van der Waals surface area contributed by atoms with Crippen molar-refractivity contribution < 1.29 is 9.32 Å². The molecule has 1 aliphatic carbocycles. The molecule has 140 valence electrons. The number of carbonyl (C=O) groups excluding carboxylic acids is 1. The molecule has 26 heavy (non-hydrogen) atoms. The van der Waals surface area contributed by atoms with Crippen LogP contribution in [0.4, 0.5) is 0 Å². The van der Waals surface area contributed by atoms with E-state index in [-0.39, 0.29) is 5.91 Å². The van der Waals surface area contributed by atoms with Gasteiger partial charge in [0.15, 0.2) is 0 Å². The molecule has 0 radical (unpaired) electrons. The number of rotatable bonds is 6. The number of aryl methyl sites for hydroxylation is 1. The number of nitrogens with zero attached hydrogens (tertiary/aromatic N) is 2. The van der Waals surface area contributed by atoms with Gasteiger partial charge in [-0.05, 0) is 30.7 Å². The van der Waals surface area contributed by atoms with Crippen LogP contribution in [0, 0.1) is 18.8 Å². The van der Waals surface area contributed by atoms with Crippen LogP contribution in [0.5, 0.6) is 0 Å². The van der Waals surface area contributed by atoms with Gasteiger partial charge in [0, 0.05) is 11.6 Å². The molecule has 3 atom stereocenters. The van der Waals surface area contributed by atoms with Crippen LogP contribution in [0.3, 0.4) is 0 Å². The van der Waals surface area contributed by atoms with Crippen LogP contribution in [0.15, 0.2) is 28.8 Å². The standard InChI is InChI=1S/C20H27N3O2S/c1-13-8-6-10-17(15(13)3)21-18(24)11-26-12-19-22-20(23-25-19)16-9-5-4-7-14(16)2/h4-5,7,9,13,15,17H,6,8,10-12H2,1-3H3,(H,21,24)/t13-,15-,17-/m1/s1. The molecule has 1 saturated carbocycles. The van der Waals surface area contributed by atoms with Crippen molar-refractivity contribution in [2.24, 2.45) is 11.8 Å². The minimum atomic E-state index is 0.0968. The van der Waals surface area contributed by atoms with E-state index in [1.165, 1.54) is 24.6 Å². The second kappa shape index (κ2) is 8.71. The van der Waals surface area contributed by atoms with E-state index in [0.29, 0.717) is 41.1 Å². The van der Waals surface area contributed by atoms with Gasteiger partial charge in [-0.1, -0.05) is 56.1 Å². The van der Waals surface area contributed by atoms with E-state index in [0.717, 1.165) is 17.5 Å². The van der Waals surface area contributed by atoms with Crippen LogP contribution in [-0.2, 0) is 10.5 Å². The van der Waals surface area contributed by atoms with Crippen LogP contribution >= 0.6 is 11.8 Å². The van der Waals surface area contributed by atoms with Gasteiger partial charge in [0.25, 0.3) is 0 Å². The summed E-state index contributed by atoms with van der Waals surface area (Å²) in [7, 11) is 0. The summed E-state index contributed by atoms with van der Waals surface area (Å²) in [6, 6.07) is 8.27. The summed E-state index contributed by atoms with van der Waals surface area (Å²) in [6.07, 6.45) is 3.56. The van der Waals surface area contributed by atoms with Crippen LogP contribution in [-0.4, -0.2) is 27.8 Å². The van der Waals surface area contributed by atoms with Crippen molar-refractivity contribution in [2.75, 3.05) is 5.75 Å². The zero-order valence-electron chi connectivity index (χ0n) is 15.7. The van der Waals surface area contributed by atoms with Gasteiger partial charge in [0.2, 0.25) is 17.6 Å². The van der Waals surface area contributed by atoms with E-state index < -0.39 is 0 Å². The molecule has 1 N–H and O–H groups in total. The van der Waals surface area contributed by atoms with Gasteiger partial charge in [-0.25, -0.2) is 0 Å². The molecule has 1 amide bonds. The Hall–Kier alpha value is -1.82. The maximum Gasteiger partial charge on any atom is 0.236 e. The zero-order valence-corrected chi connectivity index (χ0v) is 16.5. The van der Waals surface area contributed by atoms with Crippen molar-refractivity contribution in [1.82, 2.24) is 15.5 Å². The van der Waals surface area contributed by atoms with Gasteiger partial charge in [0.1, 0.15) is 0 Å². The summed E-state index contributed by atoms with van der Waals surface area (Å²) in [4.78, 5) is 16.7. The molecule has 1 aromatic heterocycles. The summed E-state index contributed by atoms with van der Waals surface area (Å²) < 4.78 is 5.32. The van der Waals surface area contributed by atoms with E-state index in [1.54, 1.807) is 0 Å². The van der Waals surface area contributed by atoms with Crippen LogP contribution in [0.2, 0.25) is 0 Å². The predicted molar refractivity (Wildman–Crippen MR) is 105 cm³/mol. The van der Waals surface area contributed by atoms with Gasteiger partial charge in [-0.2, -0.15) is 4.98 Å². The van der Waals surface area contributed by atoms with E-state index in [9.17, 15) is 4.79 Å². The lowest BCUT2D eigenvalue weighted by molar-refractivity contribution is -0.119. The van der Waals surface area contributed by atoms with Crippen LogP contribution in [0.1, 0.15) is 44.6 Å². The summed E-state index contributed by atoms with van der Waals surface area (Å²) in [6.45, 7) is 6.55. The molecule has 2 aromatic rings. The number of amides is 1. The molecule has 0 bridgehead atoms. The molecule has 1 aromatic carbocycles. The molecular formula is C20H27N3O2S. The van der Waals surface area contributed by atoms with E-state index >= 15 is 0 Å². The maximum absolute atomic E-state index is 12.2. The van der Waals surface area contributed by atoms with E-state index in [1.807, 2.05) is 31.2 Å². The summed E-state index contributed by atoms with van der Waals surface area (Å²) in [5.41, 5.74) is 2.09. The number of aromatic nitrogens is 2. The van der Waals surface area contributed by atoms with E-state index in [4.69, 9.17) is 4.52 Å². The van der Waals surface area contributed by atoms with Gasteiger partial charge < -0.3 is 9.84 Å². The van der Waals surface area contributed by atoms with Crippen LogP contribution in [0.25, 0.3) is 11.4 Å². The first-order chi connectivity index (χ1) is 12.5. The topological polar surface area (TPSA) is 68.0 Å². The fraction of sp³-hybridized carbons (Fsp3) is 0.550. The fourth-order valence-corrected chi connectivity index (χ4v) is 4.17. The van der Waals surface area contributed by atoms with Crippen molar-refractivity contribution in [2.45, 2.75) is 51.8 Å². The third-order valence-corrected chi connectivity index (χ3v) is 6.28. The second-order valence-electron chi connectivity index (χ2n) is 7.26. The number of hydrogen-bond acceptors (Lipinski definition) is 5. The normalized spacial score (nSPS) is 23.0. The Morgan fingerprint density at radius 3 is 2.92 bits per heavy atom. The minimum absolute atomic E-state index is 0.0968. The van der Waals surface area contributed by atoms with Gasteiger partial charge >= 0.3 is 0 Å². The maximum atomic E-state index is 12.2. The van der Waals surface area contributed by atoms with Gasteiger partial charge in [-0.15, -0.1) is 11.8 Å². The molecule has 6 heteroatoms. The Labute approximate surface area is 159 Å². The van der Waals surface area contributed by atoms with Gasteiger partial charge in [0.05, 0.1) is 11.5 Å². The molecule has 1 fully saturated rings. The highest BCUT2D eigenvalue weighted by atomic mass is 32.2. The largest absolute Gasteiger partial charge is 0.352 e. The molecule has 1 heterocycles. The summed E-state index contributed by atoms with van der Waals surface area (Å²) in [5.74, 6) is 3.45. The highest BCUT2D eigenvalue weighted by molar-refractivity contribution is 7.99. The zero-order chi connectivity index (χ0) is 18.5. The number of nitrogens with one attached hydrogen (secondary N) is 1. The monoisotopic (exact) mass is 373 g/mol. The SMILES string of the molecule is Cc1ccccc1-c1noc(CSCC(=O)N[C@@H]2CCC[C@@H](C)[C@H]2C)n1. The first-order valence-electron chi connectivity index (χ1n) is 9.30. The highest BCUT2D eigenvalue weighted by Gasteiger charge is 2.28. The summed E-state index contributed by atoms with van der Waals surface area (Å²) in [5, 5.41) is 7.25. The lowest BCUT2D eigenvalue weighted by Crippen LogP contribution is -2.44. The van der Waals surface area contributed by atoms with Crippen molar-refractivity contribution in [3.63, 3.8) is 0 Å². The third-order valence-electron chi connectivity index (χ3n) is 5.37. The smallest absolute Gasteiger partial charge is 0.236 e. The van der Waals surface area contributed by atoms with Crippen molar-refractivity contribution >= 4 is 17.7 Å². The molecule has 0 unspecified atom stereocenters. The molecule has 5 nitrogen and oxygen atoms in total. The third kappa shape index (κ3) is 4.67. The quantitative estimate of drug-likeness (QED) is 0.821. The molecule has 3 rings (SSSR count). The molecular weight excluding hydrogens is 346 g/mol. The molecule has 1 aliphatic rings. The average Bonchev–Trinajstić information content (AvgIpc) is 3.08. The van der Waals surface area contributed by atoms with Crippen molar-refractivity contribution in [3.05, 3.63) is 35.7 Å². The van der Waals surface area contributed by atoms with E-state index in [2.05, 4.69) is 29.3 Å². The van der Waals surface area contributed by atoms with Gasteiger partial charge in [-0.3, -0.25) is 4.79 Å². The Balaban J connectivity index is 1.46. The first-order valence-corrected chi connectivity index (χ1v) is 10.5. The Bertz CT molecular complexity index is 746. The van der Waals surface area contributed by atoms with Crippen molar-refractivity contribution in [1.29, 1.82) is 0 Å².